The lowest BCUT2D eigenvalue weighted by atomic mass is 10.2. The van der Waals surface area contributed by atoms with E-state index in [1.165, 1.54) is 31.3 Å². The van der Waals surface area contributed by atoms with Crippen molar-refractivity contribution in [2.45, 2.75) is 32.2 Å². The van der Waals surface area contributed by atoms with Crippen molar-refractivity contribution >= 4 is 11.0 Å². The third kappa shape index (κ3) is 3.05. The molecule has 0 aliphatic carbocycles. The van der Waals surface area contributed by atoms with E-state index in [-0.39, 0.29) is 0 Å². The normalized spacial score (nSPS) is 17.9. The molecule has 0 saturated carbocycles. The minimum atomic E-state index is 0.306. The van der Waals surface area contributed by atoms with Crippen LogP contribution in [0.2, 0.25) is 0 Å². The number of likely N-dealkylation sites (tertiary alicyclic amines) is 1. The molecule has 1 unspecified atom stereocenters. The van der Waals surface area contributed by atoms with E-state index in [1.54, 1.807) is 0 Å². The zero-order valence-corrected chi connectivity index (χ0v) is 12.3. The fraction of sp³-hybridized carbons (Fsp3) is 0.529. The lowest BCUT2D eigenvalue weighted by Gasteiger charge is -2.22. The van der Waals surface area contributed by atoms with Crippen molar-refractivity contribution in [1.82, 2.24) is 10.2 Å². The van der Waals surface area contributed by atoms with Crippen LogP contribution in [0.4, 0.5) is 0 Å². The standard InChI is InChI=1S/C17H24N2O/c1-2-9-18-15(13-19-10-5-6-11-19)17-12-14-7-3-4-8-16(14)20-17/h3-4,7-8,12,15,18H,2,5-6,9-11,13H2,1H3. The van der Waals surface area contributed by atoms with Crippen molar-refractivity contribution < 1.29 is 4.42 Å². The first-order valence-electron chi connectivity index (χ1n) is 7.81. The molecule has 20 heavy (non-hydrogen) atoms. The van der Waals surface area contributed by atoms with E-state index in [1.807, 2.05) is 12.1 Å². The van der Waals surface area contributed by atoms with Crippen LogP contribution in [0.3, 0.4) is 0 Å². The Balaban J connectivity index is 1.79. The monoisotopic (exact) mass is 272 g/mol. The number of para-hydroxylation sites is 1. The van der Waals surface area contributed by atoms with Crippen LogP contribution in [-0.2, 0) is 0 Å². The molecule has 1 aromatic heterocycles. The molecule has 1 aliphatic heterocycles. The Labute approximate surface area is 120 Å². The van der Waals surface area contributed by atoms with Gasteiger partial charge in [0.2, 0.25) is 0 Å². The molecular formula is C17H24N2O. The third-order valence-corrected chi connectivity index (χ3v) is 4.07. The predicted molar refractivity (Wildman–Crippen MR) is 82.9 cm³/mol. The average Bonchev–Trinajstić information content (AvgIpc) is 3.12. The Bertz CT molecular complexity index is 510. The summed E-state index contributed by atoms with van der Waals surface area (Å²) in [6.45, 7) is 6.75. The minimum absolute atomic E-state index is 0.306. The highest BCUT2D eigenvalue weighted by Gasteiger charge is 2.21. The first-order valence-corrected chi connectivity index (χ1v) is 7.81. The largest absolute Gasteiger partial charge is 0.459 e. The summed E-state index contributed by atoms with van der Waals surface area (Å²) in [5, 5.41) is 4.84. The Morgan fingerprint density at radius 3 is 2.80 bits per heavy atom. The van der Waals surface area contributed by atoms with E-state index in [0.29, 0.717) is 6.04 Å². The molecule has 0 amide bonds. The van der Waals surface area contributed by atoms with Gasteiger partial charge in [0.15, 0.2) is 0 Å². The Morgan fingerprint density at radius 1 is 1.25 bits per heavy atom. The number of nitrogens with zero attached hydrogens (tertiary/aromatic N) is 1. The second-order valence-corrected chi connectivity index (χ2v) is 5.70. The zero-order valence-electron chi connectivity index (χ0n) is 12.3. The van der Waals surface area contributed by atoms with Gasteiger partial charge in [0.1, 0.15) is 11.3 Å². The summed E-state index contributed by atoms with van der Waals surface area (Å²) in [5.74, 6) is 1.08. The maximum Gasteiger partial charge on any atom is 0.134 e. The van der Waals surface area contributed by atoms with Gasteiger partial charge in [-0.25, -0.2) is 0 Å². The summed E-state index contributed by atoms with van der Waals surface area (Å²) in [6, 6.07) is 10.8. The third-order valence-electron chi connectivity index (χ3n) is 4.07. The van der Waals surface area contributed by atoms with E-state index in [4.69, 9.17) is 4.42 Å². The zero-order chi connectivity index (χ0) is 13.8. The maximum atomic E-state index is 6.05. The number of fused-ring (bicyclic) bond motifs is 1. The number of rotatable bonds is 6. The molecule has 0 spiro atoms. The molecule has 2 aromatic rings. The van der Waals surface area contributed by atoms with Gasteiger partial charge in [-0.3, -0.25) is 0 Å². The molecule has 108 valence electrons. The van der Waals surface area contributed by atoms with E-state index in [0.717, 1.165) is 30.9 Å². The fourth-order valence-corrected chi connectivity index (χ4v) is 2.97. The molecular weight excluding hydrogens is 248 g/mol. The first kappa shape index (κ1) is 13.7. The van der Waals surface area contributed by atoms with Gasteiger partial charge in [-0.15, -0.1) is 0 Å². The molecule has 1 aliphatic rings. The minimum Gasteiger partial charge on any atom is -0.459 e. The second-order valence-electron chi connectivity index (χ2n) is 5.70. The average molecular weight is 272 g/mol. The summed E-state index contributed by atoms with van der Waals surface area (Å²) in [5.41, 5.74) is 0.993. The van der Waals surface area contributed by atoms with Crippen molar-refractivity contribution in [3.63, 3.8) is 0 Å². The van der Waals surface area contributed by atoms with Gasteiger partial charge < -0.3 is 14.6 Å². The predicted octanol–water partition coefficient (Wildman–Crippen LogP) is 3.57. The van der Waals surface area contributed by atoms with Gasteiger partial charge in [-0.2, -0.15) is 0 Å². The summed E-state index contributed by atoms with van der Waals surface area (Å²) in [7, 11) is 0. The van der Waals surface area contributed by atoms with Gasteiger partial charge in [-0.1, -0.05) is 25.1 Å². The number of benzene rings is 1. The quantitative estimate of drug-likeness (QED) is 0.871. The van der Waals surface area contributed by atoms with Crippen LogP contribution in [0.5, 0.6) is 0 Å². The van der Waals surface area contributed by atoms with Gasteiger partial charge in [0, 0.05) is 11.9 Å². The molecule has 1 N–H and O–H groups in total. The number of hydrogen-bond acceptors (Lipinski definition) is 3. The fourth-order valence-electron chi connectivity index (χ4n) is 2.97. The number of furan rings is 1. The Kier molecular flexibility index (Phi) is 4.38. The van der Waals surface area contributed by atoms with Crippen LogP contribution in [0.1, 0.15) is 38.0 Å². The van der Waals surface area contributed by atoms with Crippen molar-refractivity contribution in [1.29, 1.82) is 0 Å². The van der Waals surface area contributed by atoms with Crippen LogP contribution in [0.15, 0.2) is 34.7 Å². The molecule has 0 radical (unpaired) electrons. The molecule has 1 saturated heterocycles. The molecule has 1 fully saturated rings. The molecule has 0 bridgehead atoms. The highest BCUT2D eigenvalue weighted by atomic mass is 16.3. The number of hydrogen-bond donors (Lipinski definition) is 1. The van der Waals surface area contributed by atoms with Crippen LogP contribution in [-0.4, -0.2) is 31.1 Å². The maximum absolute atomic E-state index is 6.05. The molecule has 3 heteroatoms. The second kappa shape index (κ2) is 6.42. The van der Waals surface area contributed by atoms with Crippen LogP contribution < -0.4 is 5.32 Å². The SMILES string of the molecule is CCCNC(CN1CCCC1)c1cc2ccccc2o1. The lowest BCUT2D eigenvalue weighted by molar-refractivity contribution is 0.274. The molecule has 3 nitrogen and oxygen atoms in total. The number of nitrogens with one attached hydrogen (secondary N) is 1. The van der Waals surface area contributed by atoms with Crippen molar-refractivity contribution in [2.75, 3.05) is 26.2 Å². The molecule has 1 atom stereocenters. The summed E-state index contributed by atoms with van der Waals surface area (Å²) in [6.07, 6.45) is 3.82. The Morgan fingerprint density at radius 2 is 2.05 bits per heavy atom. The highest BCUT2D eigenvalue weighted by molar-refractivity contribution is 5.77. The smallest absolute Gasteiger partial charge is 0.134 e. The van der Waals surface area contributed by atoms with Crippen LogP contribution in [0, 0.1) is 0 Å². The first-order chi connectivity index (χ1) is 9.86. The van der Waals surface area contributed by atoms with E-state index in [2.05, 4.69) is 35.3 Å². The van der Waals surface area contributed by atoms with E-state index >= 15 is 0 Å². The molecule has 1 aromatic carbocycles. The summed E-state index contributed by atoms with van der Waals surface area (Å²) in [4.78, 5) is 2.54. The molecule has 2 heterocycles. The van der Waals surface area contributed by atoms with E-state index < -0.39 is 0 Å². The van der Waals surface area contributed by atoms with Crippen LogP contribution >= 0.6 is 0 Å². The van der Waals surface area contributed by atoms with Gasteiger partial charge in [0.05, 0.1) is 6.04 Å². The van der Waals surface area contributed by atoms with Crippen molar-refractivity contribution in [3.05, 3.63) is 36.1 Å². The highest BCUT2D eigenvalue weighted by Crippen LogP contribution is 2.25. The molecule has 3 rings (SSSR count). The van der Waals surface area contributed by atoms with Gasteiger partial charge >= 0.3 is 0 Å². The van der Waals surface area contributed by atoms with Gasteiger partial charge in [-0.05, 0) is 51.0 Å². The topological polar surface area (TPSA) is 28.4 Å². The van der Waals surface area contributed by atoms with Crippen LogP contribution in [0.25, 0.3) is 11.0 Å². The van der Waals surface area contributed by atoms with Crippen molar-refractivity contribution in [2.24, 2.45) is 0 Å². The summed E-state index contributed by atoms with van der Waals surface area (Å²) >= 11 is 0. The summed E-state index contributed by atoms with van der Waals surface area (Å²) < 4.78 is 6.05. The lowest BCUT2D eigenvalue weighted by Crippen LogP contribution is -2.33. The van der Waals surface area contributed by atoms with Crippen molar-refractivity contribution in [3.8, 4) is 0 Å². The van der Waals surface area contributed by atoms with E-state index in [9.17, 15) is 0 Å². The Hall–Kier alpha value is -1.32. The van der Waals surface area contributed by atoms with Gasteiger partial charge in [0.25, 0.3) is 0 Å².